The number of nitroso groups, excluding NO2 is 1. The summed E-state index contributed by atoms with van der Waals surface area (Å²) in [5.74, 6) is -0.208. The number of ether oxygens (including phenoxy) is 1. The number of rotatable bonds is 6. The number of carboxylic acid groups (broad SMARTS) is 1. The minimum absolute atomic E-state index is 0.104. The van der Waals surface area contributed by atoms with Crippen LogP contribution in [-0.2, 0) is 0 Å². The van der Waals surface area contributed by atoms with Gasteiger partial charge in [-0.1, -0.05) is 18.2 Å². The predicted molar refractivity (Wildman–Crippen MR) is 122 cm³/mol. The summed E-state index contributed by atoms with van der Waals surface area (Å²) in [6.07, 6.45) is 3.37. The topological polar surface area (TPSA) is 111 Å². The monoisotopic (exact) mass is 427 g/mol. The standard InChI is InChI=1S/C24H17N3O5/c1-32-19-10-11-21-20(14-19)23(28)27(18-8-6-16(7-9-18)24(29)30)22(25-21)12-5-15-3-2-4-17(13-15)26-31/h2-14H,1H3,(H,29,30)/b12-5+. The first-order valence-corrected chi connectivity index (χ1v) is 9.56. The van der Waals surface area contributed by atoms with Gasteiger partial charge in [0.25, 0.3) is 5.56 Å². The number of nitrogens with zero attached hydrogens (tertiary/aromatic N) is 3. The molecule has 0 bridgehead atoms. The van der Waals surface area contributed by atoms with Crippen molar-refractivity contribution in [2.75, 3.05) is 7.11 Å². The van der Waals surface area contributed by atoms with Crippen molar-refractivity contribution in [1.29, 1.82) is 0 Å². The second-order valence-corrected chi connectivity index (χ2v) is 6.87. The van der Waals surface area contributed by atoms with Gasteiger partial charge in [0.1, 0.15) is 17.3 Å². The van der Waals surface area contributed by atoms with Gasteiger partial charge in [0.2, 0.25) is 0 Å². The second kappa shape index (κ2) is 8.65. The molecule has 1 heterocycles. The van der Waals surface area contributed by atoms with Gasteiger partial charge in [0.15, 0.2) is 0 Å². The number of aromatic carboxylic acids is 1. The molecule has 0 unspecified atom stereocenters. The highest BCUT2D eigenvalue weighted by atomic mass is 16.5. The van der Waals surface area contributed by atoms with E-state index in [1.54, 1.807) is 66.7 Å². The average Bonchev–Trinajstić information content (AvgIpc) is 2.83. The van der Waals surface area contributed by atoms with Gasteiger partial charge in [-0.2, -0.15) is 0 Å². The zero-order valence-corrected chi connectivity index (χ0v) is 16.9. The molecular weight excluding hydrogens is 410 g/mol. The Balaban J connectivity index is 1.92. The predicted octanol–water partition coefficient (Wildman–Crippen LogP) is 4.66. The number of carboxylic acids is 1. The summed E-state index contributed by atoms with van der Waals surface area (Å²) in [4.78, 5) is 40.0. The lowest BCUT2D eigenvalue weighted by atomic mass is 10.1. The third-order valence-corrected chi connectivity index (χ3v) is 4.87. The van der Waals surface area contributed by atoms with E-state index in [2.05, 4.69) is 10.2 Å². The lowest BCUT2D eigenvalue weighted by Gasteiger charge is -2.12. The van der Waals surface area contributed by atoms with E-state index in [0.717, 1.165) is 0 Å². The van der Waals surface area contributed by atoms with E-state index in [1.165, 1.54) is 23.8 Å². The summed E-state index contributed by atoms with van der Waals surface area (Å²) in [5.41, 5.74) is 1.70. The number of aromatic nitrogens is 2. The molecule has 3 aromatic carbocycles. The first-order chi connectivity index (χ1) is 15.5. The average molecular weight is 427 g/mol. The van der Waals surface area contributed by atoms with Gasteiger partial charge < -0.3 is 9.84 Å². The van der Waals surface area contributed by atoms with Gasteiger partial charge in [-0.15, -0.1) is 4.91 Å². The maximum Gasteiger partial charge on any atom is 0.335 e. The summed E-state index contributed by atoms with van der Waals surface area (Å²) in [7, 11) is 1.51. The quantitative estimate of drug-likeness (QED) is 0.448. The van der Waals surface area contributed by atoms with Crippen LogP contribution >= 0.6 is 0 Å². The molecule has 0 saturated heterocycles. The van der Waals surface area contributed by atoms with E-state index >= 15 is 0 Å². The zero-order valence-electron chi connectivity index (χ0n) is 16.9. The van der Waals surface area contributed by atoms with Crippen LogP contribution in [0.2, 0.25) is 0 Å². The smallest absolute Gasteiger partial charge is 0.335 e. The van der Waals surface area contributed by atoms with E-state index < -0.39 is 5.97 Å². The van der Waals surface area contributed by atoms with Gasteiger partial charge in [-0.05, 0) is 71.4 Å². The van der Waals surface area contributed by atoms with Gasteiger partial charge >= 0.3 is 5.97 Å². The molecule has 8 heteroatoms. The molecular formula is C24H17N3O5. The van der Waals surface area contributed by atoms with Crippen molar-refractivity contribution >= 4 is 34.7 Å². The van der Waals surface area contributed by atoms with E-state index in [4.69, 9.17) is 4.74 Å². The van der Waals surface area contributed by atoms with Crippen LogP contribution in [0, 0.1) is 4.91 Å². The minimum atomic E-state index is -1.06. The van der Waals surface area contributed by atoms with E-state index in [1.807, 2.05) is 0 Å². The molecule has 0 spiro atoms. The number of hydrogen-bond acceptors (Lipinski definition) is 6. The van der Waals surface area contributed by atoms with Gasteiger partial charge in [-0.25, -0.2) is 9.78 Å². The van der Waals surface area contributed by atoms with Crippen LogP contribution in [0.15, 0.2) is 76.7 Å². The summed E-state index contributed by atoms with van der Waals surface area (Å²) in [5, 5.41) is 12.5. The first-order valence-electron chi connectivity index (χ1n) is 9.56. The summed E-state index contributed by atoms with van der Waals surface area (Å²) in [6.45, 7) is 0. The Morgan fingerprint density at radius 1 is 1.06 bits per heavy atom. The molecule has 0 aliphatic rings. The molecule has 158 valence electrons. The summed E-state index contributed by atoms with van der Waals surface area (Å²) in [6, 6.07) is 17.7. The Kier molecular flexibility index (Phi) is 5.59. The molecule has 0 amide bonds. The van der Waals surface area contributed by atoms with Gasteiger partial charge in [-0.3, -0.25) is 9.36 Å². The van der Waals surface area contributed by atoms with Crippen molar-refractivity contribution in [2.24, 2.45) is 5.18 Å². The third kappa shape index (κ3) is 4.01. The van der Waals surface area contributed by atoms with Gasteiger partial charge in [0, 0.05) is 0 Å². The fourth-order valence-corrected chi connectivity index (χ4v) is 3.28. The molecule has 4 aromatic rings. The van der Waals surface area contributed by atoms with Crippen LogP contribution in [-0.4, -0.2) is 27.7 Å². The molecule has 0 aliphatic heterocycles. The Labute approximate surface area is 182 Å². The molecule has 32 heavy (non-hydrogen) atoms. The van der Waals surface area contributed by atoms with E-state index in [0.29, 0.717) is 33.7 Å². The third-order valence-electron chi connectivity index (χ3n) is 4.87. The van der Waals surface area contributed by atoms with Crippen molar-refractivity contribution in [3.8, 4) is 11.4 Å². The van der Waals surface area contributed by atoms with Gasteiger partial charge in [0.05, 0.1) is 29.3 Å². The molecule has 0 atom stereocenters. The minimum Gasteiger partial charge on any atom is -0.497 e. The largest absolute Gasteiger partial charge is 0.497 e. The van der Waals surface area contributed by atoms with Crippen molar-refractivity contribution in [1.82, 2.24) is 9.55 Å². The highest BCUT2D eigenvalue weighted by Crippen LogP contribution is 2.21. The molecule has 0 radical (unpaired) electrons. The lowest BCUT2D eigenvalue weighted by Crippen LogP contribution is -2.22. The van der Waals surface area contributed by atoms with Crippen LogP contribution in [0.3, 0.4) is 0 Å². The van der Waals surface area contributed by atoms with Crippen LogP contribution in [0.5, 0.6) is 5.75 Å². The molecule has 0 fully saturated rings. The zero-order chi connectivity index (χ0) is 22.7. The SMILES string of the molecule is COc1ccc2nc(/C=C/c3cccc(N=O)c3)n(-c3ccc(C(=O)O)cc3)c(=O)c2c1. The van der Waals surface area contributed by atoms with E-state index in [9.17, 15) is 19.6 Å². The first kappa shape index (κ1) is 20.7. The fraction of sp³-hybridized carbons (Fsp3) is 0.0417. The Bertz CT molecular complexity index is 1420. The number of fused-ring (bicyclic) bond motifs is 1. The Morgan fingerprint density at radius 2 is 1.84 bits per heavy atom. The van der Waals surface area contributed by atoms with Crippen LogP contribution in [0.4, 0.5) is 5.69 Å². The molecule has 8 nitrogen and oxygen atoms in total. The molecule has 0 aliphatic carbocycles. The highest BCUT2D eigenvalue weighted by Gasteiger charge is 2.13. The highest BCUT2D eigenvalue weighted by molar-refractivity contribution is 5.88. The van der Waals surface area contributed by atoms with Crippen LogP contribution in [0.25, 0.3) is 28.7 Å². The number of carbonyl (C=O) groups is 1. The van der Waals surface area contributed by atoms with Crippen LogP contribution in [0.1, 0.15) is 21.7 Å². The summed E-state index contributed by atoms with van der Waals surface area (Å²) < 4.78 is 6.63. The fourth-order valence-electron chi connectivity index (χ4n) is 3.28. The molecule has 1 N–H and O–H groups in total. The van der Waals surface area contributed by atoms with Crippen molar-refractivity contribution in [3.63, 3.8) is 0 Å². The van der Waals surface area contributed by atoms with E-state index in [-0.39, 0.29) is 16.8 Å². The van der Waals surface area contributed by atoms with Crippen molar-refractivity contribution in [3.05, 3.63) is 98.9 Å². The van der Waals surface area contributed by atoms with Crippen LogP contribution < -0.4 is 10.3 Å². The summed E-state index contributed by atoms with van der Waals surface area (Å²) >= 11 is 0. The van der Waals surface area contributed by atoms with Crippen molar-refractivity contribution in [2.45, 2.75) is 0 Å². The lowest BCUT2D eigenvalue weighted by molar-refractivity contribution is 0.0697. The second-order valence-electron chi connectivity index (χ2n) is 6.87. The molecule has 4 rings (SSSR count). The molecule has 0 saturated carbocycles. The number of benzene rings is 3. The Hall–Kier alpha value is -4.59. The number of hydrogen-bond donors (Lipinski definition) is 1. The number of methoxy groups -OCH3 is 1. The maximum absolute atomic E-state index is 13.4. The molecule has 1 aromatic heterocycles. The van der Waals surface area contributed by atoms with Crippen molar-refractivity contribution < 1.29 is 14.6 Å². The Morgan fingerprint density at radius 3 is 2.53 bits per heavy atom. The normalized spacial score (nSPS) is 11.0. The maximum atomic E-state index is 13.4.